The fourth-order valence-electron chi connectivity index (χ4n) is 2.14. The number of ether oxygens (including phenoxy) is 1. The molecule has 1 aliphatic rings. The average molecular weight is 356 g/mol. The standard InChI is InChI=1S/C16H19F3N4O2/c1-3-14(24)22-13-9-20-10-15(2,23-13)21-8-11-5-4-6-12(7-11)25-16(17,18)19/h4-7,9-10,21,23H,3,8H2,1-2H3,(H,22,24). The lowest BCUT2D eigenvalue weighted by Gasteiger charge is -2.32. The van der Waals surface area contributed by atoms with Crippen molar-refractivity contribution in [1.82, 2.24) is 16.0 Å². The highest BCUT2D eigenvalue weighted by Crippen LogP contribution is 2.23. The predicted molar refractivity (Wildman–Crippen MR) is 86.5 cm³/mol. The van der Waals surface area contributed by atoms with Crippen LogP contribution in [0.4, 0.5) is 13.2 Å². The fourth-order valence-corrected chi connectivity index (χ4v) is 2.14. The van der Waals surface area contributed by atoms with Crippen LogP contribution in [0.2, 0.25) is 0 Å². The summed E-state index contributed by atoms with van der Waals surface area (Å²) in [6, 6.07) is 5.70. The van der Waals surface area contributed by atoms with Crippen LogP contribution in [0.1, 0.15) is 25.8 Å². The SMILES string of the molecule is CCC(=O)NC1=CN=CC(C)(NCc2cccc(OC(F)(F)F)c2)N1. The molecule has 0 radical (unpaired) electrons. The first-order valence-electron chi connectivity index (χ1n) is 7.61. The van der Waals surface area contributed by atoms with E-state index < -0.39 is 12.0 Å². The summed E-state index contributed by atoms with van der Waals surface area (Å²) in [5.74, 6) is 0.00623. The van der Waals surface area contributed by atoms with Crippen LogP contribution in [0.25, 0.3) is 0 Å². The second kappa shape index (κ2) is 7.56. The smallest absolute Gasteiger partial charge is 0.406 e. The molecule has 25 heavy (non-hydrogen) atoms. The number of aliphatic imine (C=N–C) groups is 1. The van der Waals surface area contributed by atoms with Gasteiger partial charge in [0.05, 0.1) is 6.20 Å². The molecule has 0 saturated heterocycles. The number of carbonyl (C=O) groups excluding carboxylic acids is 1. The molecule has 0 bridgehead atoms. The van der Waals surface area contributed by atoms with Crippen LogP contribution in [0.3, 0.4) is 0 Å². The van der Waals surface area contributed by atoms with E-state index in [-0.39, 0.29) is 18.2 Å². The van der Waals surface area contributed by atoms with E-state index in [1.54, 1.807) is 26.1 Å². The predicted octanol–water partition coefficient (Wildman–Crippen LogP) is 2.39. The number of hydrogen-bond acceptors (Lipinski definition) is 5. The van der Waals surface area contributed by atoms with Gasteiger partial charge in [-0.05, 0) is 24.6 Å². The molecule has 0 aromatic heterocycles. The van der Waals surface area contributed by atoms with Crippen molar-refractivity contribution in [3.05, 3.63) is 41.8 Å². The van der Waals surface area contributed by atoms with Crippen molar-refractivity contribution in [1.29, 1.82) is 0 Å². The topological polar surface area (TPSA) is 74.8 Å². The number of amides is 1. The number of nitrogens with zero attached hydrogens (tertiary/aromatic N) is 1. The van der Waals surface area contributed by atoms with Gasteiger partial charge in [-0.25, -0.2) is 0 Å². The van der Waals surface area contributed by atoms with E-state index in [0.717, 1.165) is 0 Å². The summed E-state index contributed by atoms with van der Waals surface area (Å²) in [6.07, 6.45) is -1.31. The van der Waals surface area contributed by atoms with Crippen LogP contribution in [-0.2, 0) is 11.3 Å². The van der Waals surface area contributed by atoms with Crippen LogP contribution < -0.4 is 20.7 Å². The summed E-state index contributed by atoms with van der Waals surface area (Å²) in [4.78, 5) is 15.5. The van der Waals surface area contributed by atoms with Gasteiger partial charge in [0.25, 0.3) is 0 Å². The maximum absolute atomic E-state index is 12.3. The zero-order valence-corrected chi connectivity index (χ0v) is 13.8. The van der Waals surface area contributed by atoms with Crippen LogP contribution in [-0.4, -0.2) is 24.1 Å². The first-order valence-corrected chi connectivity index (χ1v) is 7.61. The molecule has 2 rings (SSSR count). The number of halogens is 3. The van der Waals surface area contributed by atoms with Gasteiger partial charge >= 0.3 is 6.36 Å². The molecule has 136 valence electrons. The molecule has 1 aliphatic heterocycles. The highest BCUT2D eigenvalue weighted by Gasteiger charge is 2.31. The number of rotatable bonds is 6. The molecule has 9 heteroatoms. The molecular weight excluding hydrogens is 337 g/mol. The van der Waals surface area contributed by atoms with Gasteiger partial charge in [0.1, 0.15) is 17.2 Å². The van der Waals surface area contributed by atoms with Gasteiger partial charge in [0.15, 0.2) is 0 Å². The molecule has 1 atom stereocenters. The molecule has 3 N–H and O–H groups in total. The van der Waals surface area contributed by atoms with Crippen molar-refractivity contribution in [3.63, 3.8) is 0 Å². The second-order valence-electron chi connectivity index (χ2n) is 5.60. The molecule has 0 spiro atoms. The van der Waals surface area contributed by atoms with Gasteiger partial charge in [-0.3, -0.25) is 15.1 Å². The summed E-state index contributed by atoms with van der Waals surface area (Å²) in [6.45, 7) is 3.78. The van der Waals surface area contributed by atoms with Crippen LogP contribution in [0.5, 0.6) is 5.75 Å². The minimum Gasteiger partial charge on any atom is -0.406 e. The Morgan fingerprint density at radius 2 is 2.16 bits per heavy atom. The van der Waals surface area contributed by atoms with E-state index in [9.17, 15) is 18.0 Å². The third kappa shape index (κ3) is 6.11. The third-order valence-corrected chi connectivity index (χ3v) is 3.32. The van der Waals surface area contributed by atoms with Crippen molar-refractivity contribution in [3.8, 4) is 5.75 Å². The van der Waals surface area contributed by atoms with Gasteiger partial charge in [-0.2, -0.15) is 0 Å². The van der Waals surface area contributed by atoms with Gasteiger partial charge in [0, 0.05) is 19.2 Å². The van der Waals surface area contributed by atoms with E-state index in [1.165, 1.54) is 24.4 Å². The van der Waals surface area contributed by atoms with Crippen LogP contribution >= 0.6 is 0 Å². The molecule has 1 amide bonds. The van der Waals surface area contributed by atoms with Gasteiger partial charge in [-0.15, -0.1) is 13.2 Å². The van der Waals surface area contributed by atoms with Crippen LogP contribution in [0.15, 0.2) is 41.3 Å². The Morgan fingerprint density at radius 1 is 1.40 bits per heavy atom. The van der Waals surface area contributed by atoms with E-state index in [2.05, 4.69) is 25.7 Å². The third-order valence-electron chi connectivity index (χ3n) is 3.32. The molecule has 1 aromatic rings. The van der Waals surface area contributed by atoms with E-state index >= 15 is 0 Å². The molecule has 6 nitrogen and oxygen atoms in total. The Kier molecular flexibility index (Phi) is 5.68. The summed E-state index contributed by atoms with van der Waals surface area (Å²) >= 11 is 0. The average Bonchev–Trinajstić information content (AvgIpc) is 2.52. The summed E-state index contributed by atoms with van der Waals surface area (Å²) in [5.41, 5.74) is -0.168. The maximum Gasteiger partial charge on any atom is 0.573 e. The van der Waals surface area contributed by atoms with Gasteiger partial charge in [0.2, 0.25) is 5.91 Å². The number of alkyl halides is 3. The fraction of sp³-hybridized carbons (Fsp3) is 0.375. The summed E-state index contributed by atoms with van der Waals surface area (Å²) in [5, 5.41) is 8.88. The number of benzene rings is 1. The molecule has 0 aliphatic carbocycles. The molecule has 0 saturated carbocycles. The molecule has 1 heterocycles. The summed E-state index contributed by atoms with van der Waals surface area (Å²) < 4.78 is 40.7. The highest BCUT2D eigenvalue weighted by molar-refractivity contribution is 5.78. The highest BCUT2D eigenvalue weighted by atomic mass is 19.4. The number of nitrogens with one attached hydrogen (secondary N) is 3. The Labute approximate surface area is 143 Å². The Morgan fingerprint density at radius 3 is 2.84 bits per heavy atom. The Hall–Kier alpha value is -2.55. The lowest BCUT2D eigenvalue weighted by molar-refractivity contribution is -0.274. The lowest BCUT2D eigenvalue weighted by Crippen LogP contribution is -2.58. The maximum atomic E-state index is 12.3. The van der Waals surface area contributed by atoms with Crippen molar-refractivity contribution < 1.29 is 22.7 Å². The van der Waals surface area contributed by atoms with Gasteiger partial charge < -0.3 is 15.4 Å². The number of carbonyl (C=O) groups is 1. The minimum absolute atomic E-state index is 0.157. The van der Waals surface area contributed by atoms with E-state index in [0.29, 0.717) is 17.8 Å². The monoisotopic (exact) mass is 356 g/mol. The Balaban J connectivity index is 1.97. The van der Waals surface area contributed by atoms with Crippen LogP contribution in [0, 0.1) is 0 Å². The number of hydrogen-bond donors (Lipinski definition) is 3. The largest absolute Gasteiger partial charge is 0.573 e. The molecule has 1 unspecified atom stereocenters. The Bertz CT molecular complexity index is 688. The van der Waals surface area contributed by atoms with E-state index in [1.807, 2.05) is 0 Å². The quantitative estimate of drug-likeness (QED) is 0.732. The van der Waals surface area contributed by atoms with Crippen molar-refractivity contribution >= 4 is 12.1 Å². The van der Waals surface area contributed by atoms with Gasteiger partial charge in [-0.1, -0.05) is 19.1 Å². The molecule has 1 aromatic carbocycles. The molecule has 0 fully saturated rings. The first kappa shape index (κ1) is 18.8. The minimum atomic E-state index is -4.73. The molecular formula is C16H19F3N4O2. The zero-order valence-electron chi connectivity index (χ0n) is 13.8. The normalized spacial score (nSPS) is 19.8. The second-order valence-corrected chi connectivity index (χ2v) is 5.60. The van der Waals surface area contributed by atoms with Crippen molar-refractivity contribution in [2.75, 3.05) is 0 Å². The first-order chi connectivity index (χ1) is 11.7. The lowest BCUT2D eigenvalue weighted by atomic mass is 10.1. The van der Waals surface area contributed by atoms with Crippen molar-refractivity contribution in [2.24, 2.45) is 4.99 Å². The van der Waals surface area contributed by atoms with Crippen molar-refractivity contribution in [2.45, 2.75) is 38.8 Å². The summed E-state index contributed by atoms with van der Waals surface area (Å²) in [7, 11) is 0. The van der Waals surface area contributed by atoms with E-state index in [4.69, 9.17) is 0 Å². The zero-order chi connectivity index (χ0) is 18.5.